The van der Waals surface area contributed by atoms with E-state index in [1.54, 1.807) is 25.7 Å². The molecule has 4 heterocycles. The lowest BCUT2D eigenvalue weighted by atomic mass is 10.1. The molecule has 0 atom stereocenters. The van der Waals surface area contributed by atoms with Gasteiger partial charge in [-0.15, -0.1) is 0 Å². The number of pyridine rings is 1. The van der Waals surface area contributed by atoms with E-state index in [0.717, 1.165) is 11.1 Å². The van der Waals surface area contributed by atoms with Crippen molar-refractivity contribution in [2.75, 3.05) is 20.3 Å². The normalized spacial score (nSPS) is 12.7. The fraction of sp³-hybridized carbons (Fsp3) is 0.200. The number of rotatable bonds is 5. The van der Waals surface area contributed by atoms with Crippen molar-refractivity contribution in [1.82, 2.24) is 24.7 Å². The number of hydrogen-bond acceptors (Lipinski definition) is 8. The Morgan fingerprint density at radius 2 is 2.00 bits per heavy atom. The number of nitrogens with zero attached hydrogens (tertiary/aromatic N) is 5. The molecule has 9 heteroatoms. The number of imidazole rings is 1. The van der Waals surface area contributed by atoms with Gasteiger partial charge in [-0.05, 0) is 18.2 Å². The van der Waals surface area contributed by atoms with Gasteiger partial charge in [-0.25, -0.2) is 4.98 Å². The number of methoxy groups -OCH3 is 1. The minimum atomic E-state index is 0.361. The molecular formula is C20H17N5O4. The molecule has 5 rings (SSSR count). The van der Waals surface area contributed by atoms with Crippen LogP contribution in [0, 0.1) is 0 Å². The van der Waals surface area contributed by atoms with Crippen molar-refractivity contribution >= 4 is 0 Å². The van der Waals surface area contributed by atoms with Crippen LogP contribution < -0.4 is 14.2 Å². The topological polar surface area (TPSA) is 97.3 Å². The average molecular weight is 391 g/mol. The largest absolute Gasteiger partial charge is 0.496 e. The zero-order chi connectivity index (χ0) is 19.6. The first-order valence-electron chi connectivity index (χ1n) is 9.04. The maximum absolute atomic E-state index is 5.71. The summed E-state index contributed by atoms with van der Waals surface area (Å²) < 4.78 is 24.2. The third-order valence-electron chi connectivity index (χ3n) is 4.51. The highest BCUT2D eigenvalue weighted by atomic mass is 16.6. The number of fused-ring (bicyclic) bond motifs is 1. The highest BCUT2D eigenvalue weighted by Crippen LogP contribution is 2.41. The highest BCUT2D eigenvalue weighted by molar-refractivity contribution is 5.70. The first kappa shape index (κ1) is 17.2. The Morgan fingerprint density at radius 3 is 2.79 bits per heavy atom. The van der Waals surface area contributed by atoms with Crippen LogP contribution in [-0.4, -0.2) is 45.0 Å². The first-order chi connectivity index (χ1) is 14.3. The van der Waals surface area contributed by atoms with Crippen LogP contribution in [0.5, 0.6) is 17.2 Å². The molecule has 0 N–H and O–H groups in total. The fourth-order valence-corrected chi connectivity index (χ4v) is 3.17. The van der Waals surface area contributed by atoms with Gasteiger partial charge in [0, 0.05) is 36.4 Å². The van der Waals surface area contributed by atoms with Gasteiger partial charge in [0.05, 0.1) is 12.7 Å². The van der Waals surface area contributed by atoms with Gasteiger partial charge in [-0.3, -0.25) is 4.98 Å². The predicted octanol–water partition coefficient (Wildman–Crippen LogP) is 2.82. The standard InChI is InChI=1S/C20H17N5O4/c1-26-15-10-17-16(27-7-8-28-17)9-14(15)20-22-5-6-25(20)12-18-23-19(24-29-18)13-3-2-4-21-11-13/h2-6,9-11H,7-8,12H2,1H3. The molecule has 0 fully saturated rings. The number of aromatic nitrogens is 5. The van der Waals surface area contributed by atoms with E-state index in [2.05, 4.69) is 20.1 Å². The van der Waals surface area contributed by atoms with Crippen molar-refractivity contribution in [2.24, 2.45) is 0 Å². The summed E-state index contributed by atoms with van der Waals surface area (Å²) in [5.41, 5.74) is 1.58. The maximum Gasteiger partial charge on any atom is 0.246 e. The van der Waals surface area contributed by atoms with Crippen LogP contribution in [-0.2, 0) is 6.54 Å². The van der Waals surface area contributed by atoms with E-state index in [1.807, 2.05) is 35.0 Å². The lowest BCUT2D eigenvalue weighted by Crippen LogP contribution is -2.15. The monoisotopic (exact) mass is 391 g/mol. The molecule has 0 bridgehead atoms. The molecule has 3 aromatic heterocycles. The van der Waals surface area contributed by atoms with Gasteiger partial charge in [0.2, 0.25) is 11.7 Å². The van der Waals surface area contributed by atoms with Crippen molar-refractivity contribution < 1.29 is 18.7 Å². The lowest BCUT2D eigenvalue weighted by molar-refractivity contribution is 0.171. The molecule has 146 valence electrons. The Labute approximate surface area is 165 Å². The highest BCUT2D eigenvalue weighted by Gasteiger charge is 2.21. The molecule has 4 aromatic rings. The second kappa shape index (κ2) is 7.27. The van der Waals surface area contributed by atoms with E-state index >= 15 is 0 Å². The van der Waals surface area contributed by atoms with Gasteiger partial charge in [0.15, 0.2) is 11.5 Å². The minimum absolute atomic E-state index is 0.361. The van der Waals surface area contributed by atoms with Crippen LogP contribution in [0.2, 0.25) is 0 Å². The Hall–Kier alpha value is -3.88. The SMILES string of the molecule is COc1cc2c(cc1-c1nccn1Cc1nc(-c3cccnc3)no1)OCCO2. The van der Waals surface area contributed by atoms with Gasteiger partial charge in [-0.1, -0.05) is 5.16 Å². The van der Waals surface area contributed by atoms with Crippen LogP contribution in [0.4, 0.5) is 0 Å². The Balaban J connectivity index is 1.47. The molecule has 0 saturated carbocycles. The van der Waals surface area contributed by atoms with Crippen molar-refractivity contribution in [3.05, 3.63) is 54.9 Å². The minimum Gasteiger partial charge on any atom is -0.496 e. The third kappa shape index (κ3) is 3.27. The molecule has 0 amide bonds. The van der Waals surface area contributed by atoms with Crippen molar-refractivity contribution in [3.63, 3.8) is 0 Å². The fourth-order valence-electron chi connectivity index (χ4n) is 3.17. The van der Waals surface area contributed by atoms with Gasteiger partial charge >= 0.3 is 0 Å². The quantitative estimate of drug-likeness (QED) is 0.512. The number of benzene rings is 1. The van der Waals surface area contributed by atoms with Crippen LogP contribution in [0.1, 0.15) is 5.89 Å². The zero-order valence-electron chi connectivity index (χ0n) is 15.6. The van der Waals surface area contributed by atoms with Gasteiger partial charge in [0.1, 0.15) is 31.3 Å². The van der Waals surface area contributed by atoms with E-state index < -0.39 is 0 Å². The van der Waals surface area contributed by atoms with Crippen LogP contribution in [0.25, 0.3) is 22.8 Å². The molecular weight excluding hydrogens is 374 g/mol. The summed E-state index contributed by atoms with van der Waals surface area (Å²) in [6.45, 7) is 1.38. The van der Waals surface area contributed by atoms with Crippen LogP contribution in [0.15, 0.2) is 53.6 Å². The molecule has 0 radical (unpaired) electrons. The van der Waals surface area contributed by atoms with E-state index in [-0.39, 0.29) is 0 Å². The average Bonchev–Trinajstić information content (AvgIpc) is 3.43. The summed E-state index contributed by atoms with van der Waals surface area (Å²) in [4.78, 5) is 13.0. The van der Waals surface area contributed by atoms with Gasteiger partial charge < -0.3 is 23.3 Å². The third-order valence-corrected chi connectivity index (χ3v) is 4.51. The molecule has 0 unspecified atom stereocenters. The van der Waals surface area contributed by atoms with Crippen LogP contribution in [0.3, 0.4) is 0 Å². The summed E-state index contributed by atoms with van der Waals surface area (Å²) in [7, 11) is 1.61. The van der Waals surface area contributed by atoms with Gasteiger partial charge in [-0.2, -0.15) is 4.98 Å². The van der Waals surface area contributed by atoms with Crippen molar-refractivity contribution in [3.8, 4) is 40.0 Å². The van der Waals surface area contributed by atoms with Gasteiger partial charge in [0.25, 0.3) is 0 Å². The molecule has 1 aliphatic heterocycles. The summed E-state index contributed by atoms with van der Waals surface area (Å²) in [5, 5.41) is 4.04. The Kier molecular flexibility index (Phi) is 4.32. The van der Waals surface area contributed by atoms with E-state index in [1.165, 1.54) is 0 Å². The summed E-state index contributed by atoms with van der Waals surface area (Å²) in [6.07, 6.45) is 6.95. The predicted molar refractivity (Wildman–Crippen MR) is 102 cm³/mol. The summed E-state index contributed by atoms with van der Waals surface area (Å²) >= 11 is 0. The van der Waals surface area contributed by atoms with E-state index in [4.69, 9.17) is 18.7 Å². The Bertz CT molecular complexity index is 1140. The van der Waals surface area contributed by atoms with Crippen LogP contribution >= 0.6 is 0 Å². The molecule has 9 nitrogen and oxygen atoms in total. The molecule has 0 saturated heterocycles. The molecule has 0 spiro atoms. The molecule has 1 aliphatic rings. The second-order valence-electron chi connectivity index (χ2n) is 6.33. The van der Waals surface area contributed by atoms with Crippen molar-refractivity contribution in [2.45, 2.75) is 6.54 Å². The first-order valence-corrected chi connectivity index (χ1v) is 9.04. The summed E-state index contributed by atoms with van der Waals surface area (Å²) in [6, 6.07) is 7.40. The van der Waals surface area contributed by atoms with Crippen molar-refractivity contribution in [1.29, 1.82) is 0 Å². The lowest BCUT2D eigenvalue weighted by Gasteiger charge is -2.20. The number of ether oxygens (including phenoxy) is 3. The molecule has 1 aromatic carbocycles. The zero-order valence-corrected chi connectivity index (χ0v) is 15.6. The van der Waals surface area contributed by atoms with E-state index in [0.29, 0.717) is 54.5 Å². The Morgan fingerprint density at radius 1 is 1.14 bits per heavy atom. The molecule has 29 heavy (non-hydrogen) atoms. The number of hydrogen-bond donors (Lipinski definition) is 0. The van der Waals surface area contributed by atoms with E-state index in [9.17, 15) is 0 Å². The molecule has 0 aliphatic carbocycles. The maximum atomic E-state index is 5.71. The second-order valence-corrected chi connectivity index (χ2v) is 6.33. The summed E-state index contributed by atoms with van der Waals surface area (Å²) in [5.74, 6) is 3.61. The smallest absolute Gasteiger partial charge is 0.246 e.